The van der Waals surface area contributed by atoms with E-state index < -0.39 is 0 Å². The van der Waals surface area contributed by atoms with Crippen LogP contribution in [0.3, 0.4) is 0 Å². The molecule has 192 valence electrons. The summed E-state index contributed by atoms with van der Waals surface area (Å²) in [7, 11) is 0. The van der Waals surface area contributed by atoms with Gasteiger partial charge in [0, 0.05) is 42.0 Å². The molecule has 1 saturated heterocycles. The first-order valence-electron chi connectivity index (χ1n) is 13.2. The van der Waals surface area contributed by atoms with Crippen LogP contribution in [0.5, 0.6) is 0 Å². The molecule has 2 aromatic carbocycles. The molecule has 1 atom stereocenters. The highest BCUT2D eigenvalue weighted by Crippen LogP contribution is 2.39. The highest BCUT2D eigenvalue weighted by molar-refractivity contribution is 5.99. The standard InChI is InChI=1S/C29H29N7O2/c1-17(27-30-11-10-21(32-27)18-6-7-18)31-26-20-4-2-3-5-22(20)35-29(37)25(26)28-33-23-9-8-19(16-24(23)34-28)36-12-14-38-15-13-36/h2-5,8-11,16-18H,6-7,12-15H2,1H3,(H,33,34)(H2,31,35,37)/t17-/m1/s1. The second-order valence-electron chi connectivity index (χ2n) is 10.1. The van der Waals surface area contributed by atoms with Crippen LogP contribution in [0.1, 0.15) is 43.2 Å². The number of benzene rings is 2. The van der Waals surface area contributed by atoms with Crippen molar-refractivity contribution in [2.75, 3.05) is 36.5 Å². The van der Waals surface area contributed by atoms with Crippen molar-refractivity contribution in [1.82, 2.24) is 24.9 Å². The number of hydrogen-bond donors (Lipinski definition) is 3. The SMILES string of the molecule is C[C@@H](Nc1c(-c2nc3ccc(N4CCOCC4)cc3[nH]2)c(=O)[nH]c2ccccc12)c1nccc(C2CC2)n1. The van der Waals surface area contributed by atoms with E-state index >= 15 is 0 Å². The maximum absolute atomic E-state index is 13.5. The Bertz CT molecular complexity index is 1700. The van der Waals surface area contributed by atoms with E-state index in [2.05, 4.69) is 37.3 Å². The molecule has 2 aliphatic rings. The molecular weight excluding hydrogens is 478 g/mol. The van der Waals surface area contributed by atoms with Crippen molar-refractivity contribution in [3.63, 3.8) is 0 Å². The fourth-order valence-corrected chi connectivity index (χ4v) is 5.24. The van der Waals surface area contributed by atoms with Gasteiger partial charge in [0.1, 0.15) is 17.2 Å². The second-order valence-corrected chi connectivity index (χ2v) is 10.1. The zero-order valence-corrected chi connectivity index (χ0v) is 21.2. The van der Waals surface area contributed by atoms with Gasteiger partial charge in [-0.2, -0.15) is 0 Å². The Labute approximate surface area is 219 Å². The van der Waals surface area contributed by atoms with Crippen LogP contribution in [-0.4, -0.2) is 51.2 Å². The summed E-state index contributed by atoms with van der Waals surface area (Å²) in [6, 6.07) is 15.8. The Kier molecular flexibility index (Phi) is 5.58. The fraction of sp³-hybridized carbons (Fsp3) is 0.310. The highest BCUT2D eigenvalue weighted by Gasteiger charge is 2.26. The number of H-pyrrole nitrogens is 2. The molecule has 0 amide bonds. The number of ether oxygens (including phenoxy) is 1. The number of nitrogens with one attached hydrogen (secondary N) is 3. The first-order valence-corrected chi connectivity index (χ1v) is 13.2. The Morgan fingerprint density at radius 1 is 1.03 bits per heavy atom. The van der Waals surface area contributed by atoms with Crippen LogP contribution in [0.2, 0.25) is 0 Å². The average molecular weight is 508 g/mol. The summed E-state index contributed by atoms with van der Waals surface area (Å²) in [5.41, 5.74) is 5.63. The van der Waals surface area contributed by atoms with Crippen molar-refractivity contribution >= 4 is 33.3 Å². The zero-order valence-electron chi connectivity index (χ0n) is 21.2. The van der Waals surface area contributed by atoms with Crippen LogP contribution in [0, 0.1) is 0 Å². The summed E-state index contributed by atoms with van der Waals surface area (Å²) >= 11 is 0. The fourth-order valence-electron chi connectivity index (χ4n) is 5.24. The van der Waals surface area contributed by atoms with E-state index in [1.807, 2.05) is 49.5 Å². The molecule has 3 aromatic heterocycles. The van der Waals surface area contributed by atoms with Crippen LogP contribution >= 0.6 is 0 Å². The quantitative estimate of drug-likeness (QED) is 0.304. The van der Waals surface area contributed by atoms with Crippen LogP contribution in [0.15, 0.2) is 59.5 Å². The summed E-state index contributed by atoms with van der Waals surface area (Å²) in [4.78, 5) is 36.5. The lowest BCUT2D eigenvalue weighted by atomic mass is 10.1. The van der Waals surface area contributed by atoms with E-state index in [0.717, 1.165) is 59.6 Å². The summed E-state index contributed by atoms with van der Waals surface area (Å²) in [5, 5.41) is 4.48. The van der Waals surface area contributed by atoms with Gasteiger partial charge >= 0.3 is 0 Å². The number of morpholine rings is 1. The molecule has 0 radical (unpaired) electrons. The number of rotatable bonds is 6. The van der Waals surface area contributed by atoms with E-state index in [1.165, 1.54) is 12.8 Å². The summed E-state index contributed by atoms with van der Waals surface area (Å²) in [6.45, 7) is 5.18. The smallest absolute Gasteiger partial charge is 0.261 e. The third kappa shape index (κ3) is 4.18. The number of imidazole rings is 1. The molecule has 2 fully saturated rings. The Hall–Kier alpha value is -4.24. The molecule has 7 rings (SSSR count). The minimum atomic E-state index is -0.213. The van der Waals surface area contributed by atoms with Crippen LogP contribution in [-0.2, 0) is 4.74 Å². The zero-order chi connectivity index (χ0) is 25.6. The molecule has 9 nitrogen and oxygen atoms in total. The molecule has 0 spiro atoms. The Morgan fingerprint density at radius 2 is 1.87 bits per heavy atom. The lowest BCUT2D eigenvalue weighted by Gasteiger charge is -2.28. The normalized spacial score (nSPS) is 16.7. The van der Waals surface area contributed by atoms with Gasteiger partial charge in [-0.15, -0.1) is 0 Å². The first kappa shape index (κ1) is 22.9. The molecule has 38 heavy (non-hydrogen) atoms. The predicted molar refractivity (Wildman–Crippen MR) is 149 cm³/mol. The molecule has 3 N–H and O–H groups in total. The van der Waals surface area contributed by atoms with Crippen LogP contribution in [0.4, 0.5) is 11.4 Å². The van der Waals surface area contributed by atoms with Crippen molar-refractivity contribution < 1.29 is 4.74 Å². The van der Waals surface area contributed by atoms with Gasteiger partial charge in [-0.25, -0.2) is 15.0 Å². The predicted octanol–water partition coefficient (Wildman–Crippen LogP) is 4.75. The number of anilines is 2. The van der Waals surface area contributed by atoms with Gasteiger partial charge in [-0.1, -0.05) is 18.2 Å². The molecule has 0 bridgehead atoms. The topological polar surface area (TPSA) is 112 Å². The maximum Gasteiger partial charge on any atom is 0.261 e. The van der Waals surface area contributed by atoms with Crippen molar-refractivity contribution in [2.45, 2.75) is 31.7 Å². The molecule has 1 aliphatic carbocycles. The number of hydrogen-bond acceptors (Lipinski definition) is 7. The van der Waals surface area contributed by atoms with Crippen molar-refractivity contribution in [3.05, 3.63) is 76.6 Å². The molecule has 4 heterocycles. The number of para-hydroxylation sites is 1. The summed E-state index contributed by atoms with van der Waals surface area (Å²) in [5.74, 6) is 1.77. The first-order chi connectivity index (χ1) is 18.6. The Morgan fingerprint density at radius 3 is 2.71 bits per heavy atom. The molecule has 5 aromatic rings. The maximum atomic E-state index is 13.5. The Balaban J connectivity index is 1.32. The lowest BCUT2D eigenvalue weighted by Crippen LogP contribution is -2.36. The third-order valence-electron chi connectivity index (χ3n) is 7.44. The van der Waals surface area contributed by atoms with Crippen molar-refractivity contribution in [2.24, 2.45) is 0 Å². The monoisotopic (exact) mass is 507 g/mol. The van der Waals surface area contributed by atoms with Gasteiger partial charge in [0.25, 0.3) is 5.56 Å². The molecule has 1 aliphatic heterocycles. The van der Waals surface area contributed by atoms with E-state index in [9.17, 15) is 4.79 Å². The number of aromatic nitrogens is 5. The van der Waals surface area contributed by atoms with E-state index in [4.69, 9.17) is 14.7 Å². The molecule has 0 unspecified atom stereocenters. The van der Waals surface area contributed by atoms with E-state index in [1.54, 1.807) is 0 Å². The van der Waals surface area contributed by atoms with Gasteiger partial charge < -0.3 is 24.9 Å². The average Bonchev–Trinajstić information content (AvgIpc) is 3.72. The summed E-state index contributed by atoms with van der Waals surface area (Å²) < 4.78 is 5.50. The van der Waals surface area contributed by atoms with Crippen molar-refractivity contribution in [1.29, 1.82) is 0 Å². The minimum absolute atomic E-state index is 0.210. The highest BCUT2D eigenvalue weighted by atomic mass is 16.5. The number of nitrogens with zero attached hydrogens (tertiary/aromatic N) is 4. The van der Waals surface area contributed by atoms with Gasteiger partial charge in [-0.3, -0.25) is 4.79 Å². The summed E-state index contributed by atoms with van der Waals surface area (Å²) in [6.07, 6.45) is 4.19. The lowest BCUT2D eigenvalue weighted by molar-refractivity contribution is 0.122. The van der Waals surface area contributed by atoms with Gasteiger partial charge in [0.2, 0.25) is 0 Å². The molecule has 1 saturated carbocycles. The van der Waals surface area contributed by atoms with E-state index in [-0.39, 0.29) is 11.6 Å². The second kappa shape index (κ2) is 9.25. The molecular formula is C29H29N7O2. The van der Waals surface area contributed by atoms with Crippen LogP contribution < -0.4 is 15.8 Å². The molecule has 9 heteroatoms. The van der Waals surface area contributed by atoms with Crippen molar-refractivity contribution in [3.8, 4) is 11.4 Å². The van der Waals surface area contributed by atoms with Crippen LogP contribution in [0.25, 0.3) is 33.3 Å². The van der Waals surface area contributed by atoms with E-state index in [0.29, 0.717) is 28.8 Å². The number of aromatic amines is 2. The van der Waals surface area contributed by atoms with Gasteiger partial charge in [0.15, 0.2) is 0 Å². The third-order valence-corrected chi connectivity index (χ3v) is 7.44. The van der Waals surface area contributed by atoms with Gasteiger partial charge in [-0.05, 0) is 50.1 Å². The number of pyridine rings is 1. The number of fused-ring (bicyclic) bond motifs is 2. The van der Waals surface area contributed by atoms with Gasteiger partial charge in [0.05, 0.1) is 41.5 Å². The minimum Gasteiger partial charge on any atom is -0.378 e. The largest absolute Gasteiger partial charge is 0.378 e.